The van der Waals surface area contributed by atoms with Crippen molar-refractivity contribution in [1.29, 1.82) is 0 Å². The van der Waals surface area contributed by atoms with E-state index in [2.05, 4.69) is 22.1 Å². The Morgan fingerprint density at radius 1 is 0.571 bits per heavy atom. The van der Waals surface area contributed by atoms with Crippen molar-refractivity contribution in [2.75, 3.05) is 0 Å². The molecule has 0 spiro atoms. The van der Waals surface area contributed by atoms with E-state index in [0.717, 1.165) is 43.3 Å². The summed E-state index contributed by atoms with van der Waals surface area (Å²) in [7, 11) is 0. The molecule has 0 fully saturated rings. The average molecular weight is 492 g/mol. The third-order valence-corrected chi connectivity index (χ3v) is 7.66. The molecule has 0 aliphatic carbocycles. The predicted octanol–water partition coefficient (Wildman–Crippen LogP) is 5.15. The Morgan fingerprint density at radius 2 is 0.971 bits per heavy atom. The Balaban J connectivity index is 0.000000160. The van der Waals surface area contributed by atoms with Gasteiger partial charge in [0.1, 0.15) is 9.40 Å². The molecule has 2 aromatic heterocycles. The molecule has 0 saturated heterocycles. The maximum absolute atomic E-state index is 11.8. The first-order valence-electron chi connectivity index (χ1n) is 10.9. The largest absolute Gasteiger partial charge is 2.00 e. The smallest absolute Gasteiger partial charge is 0.872 e. The maximum atomic E-state index is 11.8. The van der Waals surface area contributed by atoms with Crippen molar-refractivity contribution in [2.45, 2.75) is 13.8 Å². The quantitative estimate of drug-likeness (QED) is 0.314. The third-order valence-electron chi connectivity index (χ3n) is 5.45. The summed E-state index contributed by atoms with van der Waals surface area (Å²) in [5, 5.41) is 25.5. The van der Waals surface area contributed by atoms with E-state index in [9.17, 15) is 10.2 Å². The van der Waals surface area contributed by atoms with E-state index in [4.69, 9.17) is 0 Å². The number of nitrogens with one attached hydrogen (secondary N) is 2. The molecule has 6 rings (SSSR count). The molecular weight excluding hydrogens is 469 g/mol. The van der Waals surface area contributed by atoms with Crippen LogP contribution in [0.3, 0.4) is 0 Å². The fourth-order valence-electron chi connectivity index (χ4n) is 3.72. The standard InChI is InChI=1S/2C14H11NOS.Be/c2*1-9-6-7-12(16)10(8-9)14-15-11-4-2-3-5-13(11)17-14;/h2*2-8,16H,1H3;/q;;+2. The second-order valence-corrected chi connectivity index (χ2v) is 10.2. The van der Waals surface area contributed by atoms with Gasteiger partial charge in [0.15, 0.2) is 0 Å². The number of aromatic nitrogens is 2. The SMILES string of the molecule is Cc1ccc([O-])c(-c2[nH+]c3ccccc3s2)c1.Cc1ccc([O-])c(-c2[nH+]c3ccccc3s2)c1.[Be+2]. The molecule has 0 unspecified atom stereocenters. The number of fused-ring (bicyclic) bond motifs is 2. The summed E-state index contributed by atoms with van der Waals surface area (Å²) in [6.45, 7) is 3.99. The van der Waals surface area contributed by atoms with Gasteiger partial charge in [0.2, 0.25) is 11.0 Å². The van der Waals surface area contributed by atoms with Crippen LogP contribution in [0.1, 0.15) is 11.1 Å². The number of hydrogen-bond donors (Lipinski definition) is 0. The van der Waals surface area contributed by atoms with Gasteiger partial charge in [-0.2, -0.15) is 9.97 Å². The molecule has 4 nitrogen and oxygen atoms in total. The molecule has 168 valence electrons. The molecule has 0 atom stereocenters. The van der Waals surface area contributed by atoms with Gasteiger partial charge in [-0.3, -0.25) is 0 Å². The van der Waals surface area contributed by atoms with Gasteiger partial charge in [-0.15, -0.1) is 0 Å². The minimum atomic E-state index is 0. The van der Waals surface area contributed by atoms with Crippen molar-refractivity contribution >= 4 is 53.2 Å². The second kappa shape index (κ2) is 10.4. The number of hydrogen-bond acceptors (Lipinski definition) is 4. The summed E-state index contributed by atoms with van der Waals surface area (Å²) in [5.41, 5.74) is 5.87. The molecule has 0 bridgehead atoms. The van der Waals surface area contributed by atoms with Gasteiger partial charge in [0, 0.05) is 23.3 Å². The van der Waals surface area contributed by atoms with Gasteiger partial charge in [0.25, 0.3) is 10.0 Å². The second-order valence-electron chi connectivity index (χ2n) is 8.10. The summed E-state index contributed by atoms with van der Waals surface area (Å²) in [6, 6.07) is 27.0. The zero-order valence-corrected chi connectivity index (χ0v) is 21.1. The molecule has 7 heteroatoms. The Hall–Kier alpha value is -3.57. The molecule has 2 heterocycles. The van der Waals surface area contributed by atoms with Gasteiger partial charge < -0.3 is 10.2 Å². The van der Waals surface area contributed by atoms with Crippen LogP contribution in [0, 0.1) is 13.8 Å². The Morgan fingerprint density at radius 3 is 1.37 bits per heavy atom. The first-order valence-corrected chi connectivity index (χ1v) is 12.5. The summed E-state index contributed by atoms with van der Waals surface area (Å²) in [5.74, 6) is 0.136. The average Bonchev–Trinajstić information content (AvgIpc) is 3.47. The van der Waals surface area contributed by atoms with Crippen molar-refractivity contribution in [2.24, 2.45) is 0 Å². The normalized spacial score (nSPS) is 10.6. The minimum absolute atomic E-state index is 0. The maximum Gasteiger partial charge on any atom is 2.00 e. The zero-order valence-electron chi connectivity index (χ0n) is 19.4. The van der Waals surface area contributed by atoms with E-state index in [1.165, 1.54) is 9.40 Å². The van der Waals surface area contributed by atoms with E-state index >= 15 is 0 Å². The molecule has 6 aromatic rings. The van der Waals surface area contributed by atoms with Gasteiger partial charge in [-0.05, 0) is 38.1 Å². The van der Waals surface area contributed by atoms with Crippen molar-refractivity contribution in [3.8, 4) is 32.6 Å². The summed E-state index contributed by atoms with van der Waals surface area (Å²) in [4.78, 5) is 6.60. The molecule has 35 heavy (non-hydrogen) atoms. The van der Waals surface area contributed by atoms with Crippen LogP contribution >= 0.6 is 22.7 Å². The summed E-state index contributed by atoms with van der Waals surface area (Å²) < 4.78 is 2.34. The number of thiazole rings is 2. The van der Waals surface area contributed by atoms with Crippen LogP contribution in [-0.2, 0) is 0 Å². The van der Waals surface area contributed by atoms with E-state index in [1.54, 1.807) is 34.8 Å². The predicted molar refractivity (Wildman–Crippen MR) is 142 cm³/mol. The van der Waals surface area contributed by atoms with Gasteiger partial charge in [-0.25, -0.2) is 0 Å². The molecule has 0 amide bonds. The Bertz CT molecular complexity index is 1440. The summed E-state index contributed by atoms with van der Waals surface area (Å²) >= 11 is 3.24. The van der Waals surface area contributed by atoms with Gasteiger partial charge in [-0.1, -0.05) is 93.8 Å². The molecule has 0 radical (unpaired) electrons. The van der Waals surface area contributed by atoms with Gasteiger partial charge >= 0.3 is 10.1 Å². The fourth-order valence-corrected chi connectivity index (χ4v) is 5.77. The fraction of sp³-hybridized carbons (Fsp3) is 0.0714. The van der Waals surface area contributed by atoms with E-state index in [0.29, 0.717) is 0 Å². The number of para-hydroxylation sites is 2. The monoisotopic (exact) mass is 491 g/mol. The van der Waals surface area contributed by atoms with Crippen molar-refractivity contribution in [3.05, 3.63) is 96.1 Å². The summed E-state index contributed by atoms with van der Waals surface area (Å²) in [6.07, 6.45) is 0. The number of H-pyrrole nitrogens is 2. The van der Waals surface area contributed by atoms with Crippen LogP contribution in [0.5, 0.6) is 11.5 Å². The minimum Gasteiger partial charge on any atom is -0.872 e. The Labute approximate surface area is 215 Å². The molecule has 0 aliphatic heterocycles. The number of rotatable bonds is 2. The van der Waals surface area contributed by atoms with Crippen LogP contribution < -0.4 is 20.2 Å². The molecule has 2 N–H and O–H groups in total. The number of benzene rings is 4. The number of aromatic amines is 2. The number of aryl methyl sites for hydroxylation is 2. The van der Waals surface area contributed by atoms with Crippen LogP contribution in [0.2, 0.25) is 0 Å². The molecule has 4 aromatic carbocycles. The van der Waals surface area contributed by atoms with Crippen LogP contribution in [-0.4, -0.2) is 10.1 Å². The van der Waals surface area contributed by atoms with Crippen molar-refractivity contribution in [1.82, 2.24) is 0 Å². The van der Waals surface area contributed by atoms with E-state index < -0.39 is 0 Å². The molecular formula is C28H22BeN2O2S2+2. The molecule has 0 saturated carbocycles. The van der Waals surface area contributed by atoms with Crippen molar-refractivity contribution < 1.29 is 20.2 Å². The van der Waals surface area contributed by atoms with E-state index in [1.807, 2.05) is 74.5 Å². The molecule has 0 aliphatic rings. The van der Waals surface area contributed by atoms with Gasteiger partial charge in [0.05, 0.1) is 0 Å². The first-order chi connectivity index (χ1) is 16.5. The van der Waals surface area contributed by atoms with Crippen molar-refractivity contribution in [3.63, 3.8) is 0 Å². The first kappa shape index (κ1) is 24.6. The Kier molecular flexibility index (Phi) is 7.27. The third kappa shape index (κ3) is 5.25. The van der Waals surface area contributed by atoms with E-state index in [-0.39, 0.29) is 21.6 Å². The zero-order chi connectivity index (χ0) is 23.7. The van der Waals surface area contributed by atoms with Crippen LogP contribution in [0.25, 0.3) is 41.6 Å². The van der Waals surface area contributed by atoms with Crippen LogP contribution in [0.15, 0.2) is 84.9 Å². The van der Waals surface area contributed by atoms with Crippen LogP contribution in [0.4, 0.5) is 0 Å². The topological polar surface area (TPSA) is 74.4 Å².